The summed E-state index contributed by atoms with van der Waals surface area (Å²) in [5.74, 6) is 0.926. The highest BCUT2D eigenvalue weighted by Crippen LogP contribution is 2.26. The fourth-order valence-corrected chi connectivity index (χ4v) is 2.37. The minimum Gasteiger partial charge on any atom is -0.437 e. The zero-order chi connectivity index (χ0) is 14.0. The molecule has 1 aliphatic heterocycles. The third-order valence-electron chi connectivity index (χ3n) is 3.29. The van der Waals surface area contributed by atoms with Crippen LogP contribution in [-0.2, 0) is 5.41 Å². The summed E-state index contributed by atoms with van der Waals surface area (Å²) in [7, 11) is 0. The van der Waals surface area contributed by atoms with Gasteiger partial charge in [-0.15, -0.1) is 0 Å². The first kappa shape index (κ1) is 14.1. The zero-order valence-electron chi connectivity index (χ0n) is 12.2. The number of aromatic nitrogens is 1. The lowest BCUT2D eigenvalue weighted by Crippen LogP contribution is -2.34. The maximum atomic E-state index is 12.4. The second-order valence-electron chi connectivity index (χ2n) is 6.08. The Morgan fingerprint density at radius 3 is 2.68 bits per heavy atom. The lowest BCUT2D eigenvalue weighted by Gasteiger charge is -2.18. The fraction of sp³-hybridized carbons (Fsp3) is 0.714. The second kappa shape index (κ2) is 5.33. The van der Waals surface area contributed by atoms with Crippen molar-refractivity contribution in [2.45, 2.75) is 39.5 Å². The van der Waals surface area contributed by atoms with E-state index in [0.717, 1.165) is 37.5 Å². The van der Waals surface area contributed by atoms with E-state index in [1.54, 1.807) is 0 Å². The average molecular weight is 265 g/mol. The van der Waals surface area contributed by atoms with E-state index in [0.29, 0.717) is 6.54 Å². The van der Waals surface area contributed by atoms with Gasteiger partial charge in [-0.05, 0) is 19.9 Å². The standard InChI is InChI=1S/C14H23N3O2/c1-10-11(14(2,3)4)19-12(16-10)13(18)17-8-5-6-15-7-9-17/h15H,5-9H2,1-4H3. The van der Waals surface area contributed by atoms with Crippen LogP contribution in [-0.4, -0.2) is 42.0 Å². The highest BCUT2D eigenvalue weighted by atomic mass is 16.4. The Bertz CT molecular complexity index is 452. The van der Waals surface area contributed by atoms with Crippen LogP contribution in [0.2, 0.25) is 0 Å². The van der Waals surface area contributed by atoms with Gasteiger partial charge in [0.25, 0.3) is 5.89 Å². The molecule has 5 nitrogen and oxygen atoms in total. The van der Waals surface area contributed by atoms with Crippen LogP contribution >= 0.6 is 0 Å². The molecule has 0 aliphatic carbocycles. The molecule has 1 aromatic rings. The van der Waals surface area contributed by atoms with E-state index in [2.05, 4.69) is 31.1 Å². The SMILES string of the molecule is Cc1nc(C(=O)N2CCCNCC2)oc1C(C)(C)C. The predicted octanol–water partition coefficient (Wildman–Crippen LogP) is 1.72. The first-order chi connectivity index (χ1) is 8.89. The summed E-state index contributed by atoms with van der Waals surface area (Å²) in [5, 5.41) is 3.28. The summed E-state index contributed by atoms with van der Waals surface area (Å²) in [6, 6.07) is 0. The van der Waals surface area contributed by atoms with Gasteiger partial charge in [0.2, 0.25) is 0 Å². The van der Waals surface area contributed by atoms with Crippen LogP contribution in [0, 0.1) is 6.92 Å². The summed E-state index contributed by atoms with van der Waals surface area (Å²) >= 11 is 0. The van der Waals surface area contributed by atoms with Crippen molar-refractivity contribution in [3.8, 4) is 0 Å². The summed E-state index contributed by atoms with van der Waals surface area (Å²) in [6.07, 6.45) is 0.970. The topological polar surface area (TPSA) is 58.4 Å². The quantitative estimate of drug-likeness (QED) is 0.840. The number of hydrogen-bond donors (Lipinski definition) is 1. The van der Waals surface area contributed by atoms with Crippen molar-refractivity contribution in [1.29, 1.82) is 0 Å². The van der Waals surface area contributed by atoms with Crippen molar-refractivity contribution >= 4 is 5.91 Å². The van der Waals surface area contributed by atoms with Gasteiger partial charge in [-0.3, -0.25) is 4.79 Å². The van der Waals surface area contributed by atoms with Crippen molar-refractivity contribution < 1.29 is 9.21 Å². The van der Waals surface area contributed by atoms with Gasteiger partial charge in [-0.2, -0.15) is 0 Å². The average Bonchev–Trinajstić information content (AvgIpc) is 2.57. The lowest BCUT2D eigenvalue weighted by atomic mass is 9.92. The second-order valence-corrected chi connectivity index (χ2v) is 6.08. The molecule has 1 aliphatic rings. The van der Waals surface area contributed by atoms with E-state index >= 15 is 0 Å². The van der Waals surface area contributed by atoms with Gasteiger partial charge in [0, 0.05) is 25.0 Å². The van der Waals surface area contributed by atoms with Crippen LogP contribution in [0.3, 0.4) is 0 Å². The monoisotopic (exact) mass is 265 g/mol. The molecule has 2 heterocycles. The first-order valence-corrected chi connectivity index (χ1v) is 6.87. The Morgan fingerprint density at radius 2 is 2.05 bits per heavy atom. The van der Waals surface area contributed by atoms with Gasteiger partial charge < -0.3 is 14.6 Å². The van der Waals surface area contributed by atoms with Crippen molar-refractivity contribution in [3.05, 3.63) is 17.3 Å². The number of nitrogens with zero attached hydrogens (tertiary/aromatic N) is 2. The molecule has 1 fully saturated rings. The summed E-state index contributed by atoms with van der Waals surface area (Å²) in [5.41, 5.74) is 0.680. The van der Waals surface area contributed by atoms with Crippen LogP contribution in [0.15, 0.2) is 4.42 Å². The van der Waals surface area contributed by atoms with Gasteiger partial charge in [-0.1, -0.05) is 20.8 Å². The molecule has 0 saturated carbocycles. The molecule has 0 spiro atoms. The molecule has 0 bridgehead atoms. The molecular weight excluding hydrogens is 242 g/mol. The minimum absolute atomic E-state index is 0.0951. The predicted molar refractivity (Wildman–Crippen MR) is 73.3 cm³/mol. The number of oxazole rings is 1. The number of nitrogens with one attached hydrogen (secondary N) is 1. The van der Waals surface area contributed by atoms with Gasteiger partial charge in [0.05, 0.1) is 5.69 Å². The lowest BCUT2D eigenvalue weighted by molar-refractivity contribution is 0.0723. The number of hydrogen-bond acceptors (Lipinski definition) is 4. The first-order valence-electron chi connectivity index (χ1n) is 6.87. The molecule has 0 unspecified atom stereocenters. The maximum absolute atomic E-state index is 12.4. The van der Waals surface area contributed by atoms with E-state index in [1.807, 2.05) is 11.8 Å². The van der Waals surface area contributed by atoms with Gasteiger partial charge >= 0.3 is 5.91 Å². The van der Waals surface area contributed by atoms with E-state index in [9.17, 15) is 4.79 Å². The normalized spacial score (nSPS) is 17.4. The van der Waals surface area contributed by atoms with Gasteiger partial charge in [0.1, 0.15) is 5.76 Å². The smallest absolute Gasteiger partial charge is 0.309 e. The van der Waals surface area contributed by atoms with Crippen LogP contribution < -0.4 is 5.32 Å². The van der Waals surface area contributed by atoms with Crippen molar-refractivity contribution in [1.82, 2.24) is 15.2 Å². The third kappa shape index (κ3) is 3.15. The maximum Gasteiger partial charge on any atom is 0.309 e. The highest BCUT2D eigenvalue weighted by Gasteiger charge is 2.27. The van der Waals surface area contributed by atoms with E-state index < -0.39 is 0 Å². The van der Waals surface area contributed by atoms with Crippen LogP contribution in [0.4, 0.5) is 0 Å². The molecule has 1 aromatic heterocycles. The molecule has 5 heteroatoms. The molecule has 0 radical (unpaired) electrons. The molecular formula is C14H23N3O2. The van der Waals surface area contributed by atoms with Gasteiger partial charge in [0.15, 0.2) is 0 Å². The Labute approximate surface area is 114 Å². The molecule has 1 N–H and O–H groups in total. The Hall–Kier alpha value is -1.36. The Balaban J connectivity index is 2.19. The summed E-state index contributed by atoms with van der Waals surface area (Å²) < 4.78 is 5.71. The zero-order valence-corrected chi connectivity index (χ0v) is 12.2. The Morgan fingerprint density at radius 1 is 1.32 bits per heavy atom. The molecule has 2 rings (SSSR count). The number of carbonyl (C=O) groups is 1. The third-order valence-corrected chi connectivity index (χ3v) is 3.29. The summed E-state index contributed by atoms with van der Waals surface area (Å²) in [4.78, 5) is 18.5. The number of rotatable bonds is 1. The number of amides is 1. The van der Waals surface area contributed by atoms with Crippen molar-refractivity contribution in [2.75, 3.05) is 26.2 Å². The van der Waals surface area contributed by atoms with Crippen molar-refractivity contribution in [2.24, 2.45) is 0 Å². The molecule has 19 heavy (non-hydrogen) atoms. The van der Waals surface area contributed by atoms with Crippen molar-refractivity contribution in [3.63, 3.8) is 0 Å². The highest BCUT2D eigenvalue weighted by molar-refractivity contribution is 5.89. The van der Waals surface area contributed by atoms with E-state index in [-0.39, 0.29) is 17.2 Å². The molecule has 1 amide bonds. The molecule has 106 valence electrons. The fourth-order valence-electron chi connectivity index (χ4n) is 2.37. The minimum atomic E-state index is -0.129. The van der Waals surface area contributed by atoms with Crippen LogP contribution in [0.25, 0.3) is 0 Å². The molecule has 1 saturated heterocycles. The molecule has 0 atom stereocenters. The number of aryl methyl sites for hydroxylation is 1. The number of carbonyl (C=O) groups excluding carboxylic acids is 1. The summed E-state index contributed by atoms with van der Waals surface area (Å²) in [6.45, 7) is 11.3. The Kier molecular flexibility index (Phi) is 3.94. The van der Waals surface area contributed by atoms with E-state index in [4.69, 9.17) is 4.42 Å². The van der Waals surface area contributed by atoms with Crippen LogP contribution in [0.5, 0.6) is 0 Å². The molecule has 0 aromatic carbocycles. The largest absolute Gasteiger partial charge is 0.437 e. The van der Waals surface area contributed by atoms with E-state index in [1.165, 1.54) is 0 Å². The van der Waals surface area contributed by atoms with Gasteiger partial charge in [-0.25, -0.2) is 4.98 Å². The van der Waals surface area contributed by atoms with Crippen LogP contribution in [0.1, 0.15) is 49.3 Å².